The van der Waals surface area contributed by atoms with Gasteiger partial charge < -0.3 is 10.6 Å². The van der Waals surface area contributed by atoms with Crippen molar-refractivity contribution in [1.82, 2.24) is 15.9 Å². The van der Waals surface area contributed by atoms with Crippen LogP contribution in [0.15, 0.2) is 84.5 Å². The third kappa shape index (κ3) is 7.62. The highest BCUT2D eigenvalue weighted by Gasteiger charge is 2.32. The van der Waals surface area contributed by atoms with Crippen molar-refractivity contribution < 1.29 is 24.8 Å². The lowest BCUT2D eigenvalue weighted by atomic mass is 9.79. The van der Waals surface area contributed by atoms with E-state index in [4.69, 9.17) is 10.4 Å². The number of hydroxylamine groups is 2. The summed E-state index contributed by atoms with van der Waals surface area (Å²) in [6.07, 6.45) is 6.08. The van der Waals surface area contributed by atoms with Crippen LogP contribution in [0.1, 0.15) is 56.1 Å². The summed E-state index contributed by atoms with van der Waals surface area (Å²) in [5, 5.41) is 23.7. The van der Waals surface area contributed by atoms with Gasteiger partial charge in [-0.2, -0.15) is 0 Å². The predicted molar refractivity (Wildman–Crippen MR) is 140 cm³/mol. The number of hydrogen-bond acceptors (Lipinski definition) is 5. The zero-order valence-electron chi connectivity index (χ0n) is 21.3. The summed E-state index contributed by atoms with van der Waals surface area (Å²) in [5.74, 6) is -1.46. The largest absolute Gasteiger partial charge is 0.355 e. The molecule has 0 spiro atoms. The first kappa shape index (κ1) is 27.8. The molecule has 8 heteroatoms. The molecule has 196 valence electrons. The van der Waals surface area contributed by atoms with Gasteiger partial charge in [0.25, 0.3) is 0 Å². The second kappa shape index (κ2) is 13.0. The topological polar surface area (TPSA) is 119 Å². The molecule has 0 fully saturated rings. The molecule has 2 aromatic carbocycles. The lowest BCUT2D eigenvalue weighted by Crippen LogP contribution is -2.46. The Hall–Kier alpha value is -3.75. The Bertz CT molecular complexity index is 1130. The summed E-state index contributed by atoms with van der Waals surface area (Å²) in [6.45, 7) is 4.43. The van der Waals surface area contributed by atoms with Crippen molar-refractivity contribution in [1.29, 1.82) is 0 Å². The Morgan fingerprint density at radius 1 is 0.946 bits per heavy atom. The normalized spacial score (nSPS) is 18.3. The molecule has 3 unspecified atom stereocenters. The van der Waals surface area contributed by atoms with Gasteiger partial charge >= 0.3 is 5.91 Å². The van der Waals surface area contributed by atoms with Crippen LogP contribution in [0.3, 0.4) is 0 Å². The van der Waals surface area contributed by atoms with Crippen molar-refractivity contribution in [2.75, 3.05) is 13.1 Å². The van der Waals surface area contributed by atoms with Gasteiger partial charge in [-0.05, 0) is 29.9 Å². The van der Waals surface area contributed by atoms with Crippen LogP contribution in [0.5, 0.6) is 0 Å². The number of hydrogen-bond donors (Lipinski definition) is 4. The Labute approximate surface area is 217 Å². The fraction of sp³-hybridized carbons (Fsp3) is 0.345. The average molecular weight is 506 g/mol. The van der Waals surface area contributed by atoms with Gasteiger partial charge in [0.2, 0.25) is 11.8 Å². The Kier molecular flexibility index (Phi) is 9.77. The summed E-state index contributed by atoms with van der Waals surface area (Å²) in [5.41, 5.74) is 1.44. The molecule has 0 radical (unpaired) electrons. The number of carbonyl (C=O) groups is 3. The van der Waals surface area contributed by atoms with Crippen molar-refractivity contribution in [2.24, 2.45) is 5.41 Å². The molecule has 0 aliphatic heterocycles. The summed E-state index contributed by atoms with van der Waals surface area (Å²) in [7, 11) is 0. The molecule has 37 heavy (non-hydrogen) atoms. The third-order valence-electron chi connectivity index (χ3n) is 6.81. The van der Waals surface area contributed by atoms with Gasteiger partial charge in [0.15, 0.2) is 0 Å². The number of nitrogens with zero attached hydrogens (tertiary/aromatic N) is 1. The van der Waals surface area contributed by atoms with Crippen molar-refractivity contribution in [2.45, 2.75) is 44.9 Å². The molecule has 3 amide bonds. The number of carbonyl (C=O) groups excluding carboxylic acids is 3. The fourth-order valence-electron chi connectivity index (χ4n) is 4.48. The van der Waals surface area contributed by atoms with Crippen LogP contribution >= 0.6 is 0 Å². The molecule has 0 saturated heterocycles. The maximum absolute atomic E-state index is 13.1. The third-order valence-corrected chi connectivity index (χ3v) is 6.81. The first-order valence-electron chi connectivity index (χ1n) is 12.5. The van der Waals surface area contributed by atoms with Gasteiger partial charge in [-0.15, -0.1) is 0 Å². The minimum atomic E-state index is -0.954. The van der Waals surface area contributed by atoms with Gasteiger partial charge in [-0.25, -0.2) is 0 Å². The lowest BCUT2D eigenvalue weighted by Gasteiger charge is -2.33. The maximum atomic E-state index is 13.1. The van der Waals surface area contributed by atoms with Crippen LogP contribution < -0.4 is 10.6 Å². The van der Waals surface area contributed by atoms with Crippen molar-refractivity contribution in [3.8, 4) is 0 Å². The molecule has 1 aliphatic rings. The molecule has 3 rings (SSSR count). The smallest absolute Gasteiger partial charge is 0.303 e. The number of allylic oxidation sites excluding steroid dienone is 1. The second-order valence-corrected chi connectivity index (χ2v) is 9.54. The zero-order valence-corrected chi connectivity index (χ0v) is 21.3. The quantitative estimate of drug-likeness (QED) is 0.271. The molecule has 8 nitrogen and oxygen atoms in total. The Morgan fingerprint density at radius 2 is 1.54 bits per heavy atom. The molecule has 0 heterocycles. The predicted octanol–water partition coefficient (Wildman–Crippen LogP) is 4.09. The molecule has 2 aromatic rings. The fourth-order valence-corrected chi connectivity index (χ4v) is 4.48. The average Bonchev–Trinajstić information content (AvgIpc) is 2.92. The molecule has 3 atom stereocenters. The summed E-state index contributed by atoms with van der Waals surface area (Å²) in [6, 6.07) is 19.4. The van der Waals surface area contributed by atoms with Gasteiger partial charge in [0, 0.05) is 30.5 Å². The van der Waals surface area contributed by atoms with E-state index in [-0.39, 0.29) is 42.3 Å². The molecular formula is C29H35N3O5. The van der Waals surface area contributed by atoms with E-state index in [0.29, 0.717) is 19.3 Å². The van der Waals surface area contributed by atoms with E-state index >= 15 is 0 Å². The lowest BCUT2D eigenvalue weighted by molar-refractivity contribution is -0.281. The highest BCUT2D eigenvalue weighted by atomic mass is 16.8. The van der Waals surface area contributed by atoms with Crippen LogP contribution in [-0.4, -0.2) is 46.5 Å². The van der Waals surface area contributed by atoms with E-state index in [1.807, 2.05) is 74.5 Å². The summed E-state index contributed by atoms with van der Waals surface area (Å²) < 4.78 is 0. The van der Waals surface area contributed by atoms with E-state index in [9.17, 15) is 14.4 Å². The Morgan fingerprint density at radius 3 is 2.08 bits per heavy atom. The summed E-state index contributed by atoms with van der Waals surface area (Å²) >= 11 is 0. The van der Waals surface area contributed by atoms with Crippen molar-refractivity contribution >= 4 is 17.7 Å². The minimum absolute atomic E-state index is 0.0409. The van der Waals surface area contributed by atoms with Crippen LogP contribution in [0.25, 0.3) is 0 Å². The van der Waals surface area contributed by atoms with Crippen LogP contribution in [0.4, 0.5) is 0 Å². The first-order valence-corrected chi connectivity index (χ1v) is 12.5. The summed E-state index contributed by atoms with van der Waals surface area (Å²) in [4.78, 5) is 37.8. The minimum Gasteiger partial charge on any atom is -0.355 e. The first-order chi connectivity index (χ1) is 17.7. The monoisotopic (exact) mass is 505 g/mol. The van der Waals surface area contributed by atoms with E-state index in [1.54, 1.807) is 12.2 Å². The van der Waals surface area contributed by atoms with E-state index in [0.717, 1.165) is 11.1 Å². The van der Waals surface area contributed by atoms with E-state index in [1.165, 1.54) is 6.08 Å². The zero-order chi connectivity index (χ0) is 26.8. The Balaban J connectivity index is 1.69. The molecule has 0 aromatic heterocycles. The van der Waals surface area contributed by atoms with Crippen molar-refractivity contribution in [3.63, 3.8) is 0 Å². The maximum Gasteiger partial charge on any atom is 0.303 e. The highest BCUT2D eigenvalue weighted by Crippen LogP contribution is 2.30. The molecule has 0 bridgehead atoms. The number of amides is 3. The van der Waals surface area contributed by atoms with Gasteiger partial charge in [0.05, 0.1) is 5.92 Å². The SMILES string of the molecule is CCC(C(=O)NCC1(CNC(=O)CC(C)c2ccccc2)C=CC(C(=O)N(O)O)=CC1)c1ccccc1. The second-order valence-electron chi connectivity index (χ2n) is 9.54. The molecule has 4 N–H and O–H groups in total. The molecule has 0 saturated carbocycles. The van der Waals surface area contributed by atoms with Crippen molar-refractivity contribution in [3.05, 3.63) is 95.6 Å². The number of benzene rings is 2. The van der Waals surface area contributed by atoms with E-state index < -0.39 is 16.5 Å². The van der Waals surface area contributed by atoms with Crippen LogP contribution in [-0.2, 0) is 14.4 Å². The van der Waals surface area contributed by atoms with Crippen LogP contribution in [0, 0.1) is 5.41 Å². The van der Waals surface area contributed by atoms with Gasteiger partial charge in [-0.1, -0.05) is 98.0 Å². The number of rotatable bonds is 11. The molecular weight excluding hydrogens is 470 g/mol. The molecule has 1 aliphatic carbocycles. The van der Waals surface area contributed by atoms with Gasteiger partial charge in [-0.3, -0.25) is 24.8 Å². The highest BCUT2D eigenvalue weighted by molar-refractivity contribution is 5.95. The van der Waals surface area contributed by atoms with E-state index in [2.05, 4.69) is 10.6 Å². The number of nitrogens with one attached hydrogen (secondary N) is 2. The van der Waals surface area contributed by atoms with Gasteiger partial charge in [0.1, 0.15) is 0 Å². The standard InChI is InChI=1S/C29H35N3O5/c1-3-25(23-12-8-5-9-13-23)27(34)31-20-29(16-14-24(15-17-29)28(35)32(36)37)19-30-26(33)18-21(2)22-10-6-4-7-11-22/h4-16,21,25,36-37H,3,17-20H2,1-2H3,(H,30,33)(H,31,34). The van der Waals surface area contributed by atoms with Crippen LogP contribution in [0.2, 0.25) is 0 Å².